The molecule has 0 spiro atoms. The van der Waals surface area contributed by atoms with Gasteiger partial charge in [-0.15, -0.1) is 0 Å². The number of aromatic nitrogens is 2. The van der Waals surface area contributed by atoms with Gasteiger partial charge in [-0.25, -0.2) is 0 Å². The Morgan fingerprint density at radius 2 is 1.85 bits per heavy atom. The van der Waals surface area contributed by atoms with Gasteiger partial charge in [-0.2, -0.15) is 5.10 Å². The summed E-state index contributed by atoms with van der Waals surface area (Å²) >= 11 is 0. The van der Waals surface area contributed by atoms with Crippen molar-refractivity contribution in [2.24, 2.45) is 7.05 Å². The van der Waals surface area contributed by atoms with E-state index in [0.717, 1.165) is 29.8 Å². The lowest BCUT2D eigenvalue weighted by atomic mass is 9.88. The van der Waals surface area contributed by atoms with Crippen LogP contribution in [0.2, 0.25) is 0 Å². The van der Waals surface area contributed by atoms with E-state index in [0.29, 0.717) is 6.42 Å². The molecule has 0 saturated heterocycles. The Morgan fingerprint density at radius 1 is 1.12 bits per heavy atom. The third-order valence-corrected chi connectivity index (χ3v) is 5.18. The molecule has 132 valence electrons. The van der Waals surface area contributed by atoms with Crippen LogP contribution in [0, 0.1) is 6.92 Å². The highest BCUT2D eigenvalue weighted by atomic mass is 16.2. The van der Waals surface area contributed by atoms with Gasteiger partial charge in [-0.05, 0) is 30.0 Å². The van der Waals surface area contributed by atoms with Crippen LogP contribution < -0.4 is 0 Å². The van der Waals surface area contributed by atoms with Crippen molar-refractivity contribution >= 4 is 5.91 Å². The average molecular weight is 345 g/mol. The van der Waals surface area contributed by atoms with E-state index in [2.05, 4.69) is 41.5 Å². The maximum absolute atomic E-state index is 13.2. The summed E-state index contributed by atoms with van der Waals surface area (Å²) in [5.41, 5.74) is 5.66. The first-order valence-corrected chi connectivity index (χ1v) is 9.05. The van der Waals surface area contributed by atoms with Gasteiger partial charge in [0.1, 0.15) is 0 Å². The highest BCUT2D eigenvalue weighted by Crippen LogP contribution is 2.35. The van der Waals surface area contributed by atoms with Gasteiger partial charge in [0.2, 0.25) is 5.91 Å². The number of amides is 1. The molecule has 0 aliphatic carbocycles. The van der Waals surface area contributed by atoms with Gasteiger partial charge in [0, 0.05) is 25.4 Å². The molecular formula is C22H23N3O. The molecule has 2 aromatic carbocycles. The Kier molecular flexibility index (Phi) is 4.33. The number of carbonyl (C=O) groups excluding carboxylic acids is 1. The van der Waals surface area contributed by atoms with Crippen molar-refractivity contribution in [2.75, 3.05) is 6.54 Å². The van der Waals surface area contributed by atoms with Crippen molar-refractivity contribution in [1.82, 2.24) is 14.7 Å². The van der Waals surface area contributed by atoms with E-state index in [1.54, 1.807) is 4.68 Å². The SMILES string of the molecule is Cc1nn(C)cc1CC(=O)N1CCc2ccccc2[C@H]1c1ccccc1. The van der Waals surface area contributed by atoms with Gasteiger partial charge < -0.3 is 4.90 Å². The molecule has 3 aromatic rings. The standard InChI is InChI=1S/C22H23N3O/c1-16-19(15-24(2)23-16)14-21(26)25-13-12-17-8-6-7-11-20(17)22(25)18-9-4-3-5-10-18/h3-11,15,22H,12-14H2,1-2H3/t22-/m1/s1. The minimum Gasteiger partial charge on any atom is -0.331 e. The van der Waals surface area contributed by atoms with E-state index >= 15 is 0 Å². The van der Waals surface area contributed by atoms with E-state index in [-0.39, 0.29) is 11.9 Å². The largest absolute Gasteiger partial charge is 0.331 e. The lowest BCUT2D eigenvalue weighted by molar-refractivity contribution is -0.132. The van der Waals surface area contributed by atoms with Crippen LogP contribution in [-0.4, -0.2) is 27.1 Å². The number of benzene rings is 2. The Morgan fingerprint density at radius 3 is 2.58 bits per heavy atom. The van der Waals surface area contributed by atoms with Crippen molar-refractivity contribution in [3.63, 3.8) is 0 Å². The summed E-state index contributed by atoms with van der Waals surface area (Å²) in [6.07, 6.45) is 3.24. The molecule has 4 rings (SSSR count). The van der Waals surface area contributed by atoms with Crippen LogP contribution in [0.4, 0.5) is 0 Å². The molecule has 26 heavy (non-hydrogen) atoms. The second kappa shape index (κ2) is 6.79. The predicted molar refractivity (Wildman–Crippen MR) is 102 cm³/mol. The van der Waals surface area contributed by atoms with Gasteiger partial charge >= 0.3 is 0 Å². The van der Waals surface area contributed by atoms with E-state index in [9.17, 15) is 4.79 Å². The number of hydrogen-bond acceptors (Lipinski definition) is 2. The summed E-state index contributed by atoms with van der Waals surface area (Å²) in [4.78, 5) is 15.2. The van der Waals surface area contributed by atoms with Crippen LogP contribution >= 0.6 is 0 Å². The number of hydrogen-bond donors (Lipinski definition) is 0. The number of fused-ring (bicyclic) bond motifs is 1. The highest BCUT2D eigenvalue weighted by Gasteiger charge is 2.31. The fourth-order valence-electron chi connectivity index (χ4n) is 3.92. The molecule has 1 atom stereocenters. The monoisotopic (exact) mass is 345 g/mol. The zero-order valence-corrected chi connectivity index (χ0v) is 15.2. The third kappa shape index (κ3) is 3.03. The Balaban J connectivity index is 1.70. The maximum Gasteiger partial charge on any atom is 0.227 e. The van der Waals surface area contributed by atoms with Gasteiger partial charge in [-0.1, -0.05) is 54.6 Å². The van der Waals surface area contributed by atoms with Crippen LogP contribution in [-0.2, 0) is 24.7 Å². The topological polar surface area (TPSA) is 38.1 Å². The zero-order chi connectivity index (χ0) is 18.1. The predicted octanol–water partition coefficient (Wildman–Crippen LogP) is 3.45. The first-order valence-electron chi connectivity index (χ1n) is 9.05. The number of rotatable bonds is 3. The molecule has 2 heterocycles. The summed E-state index contributed by atoms with van der Waals surface area (Å²) in [6.45, 7) is 2.71. The summed E-state index contributed by atoms with van der Waals surface area (Å²) < 4.78 is 1.78. The van der Waals surface area contributed by atoms with Crippen LogP contribution in [0.15, 0.2) is 60.8 Å². The van der Waals surface area contributed by atoms with Crippen LogP contribution in [0.25, 0.3) is 0 Å². The van der Waals surface area contributed by atoms with E-state index in [1.165, 1.54) is 11.1 Å². The molecule has 4 heteroatoms. The number of aryl methyl sites for hydroxylation is 2. The molecule has 0 bridgehead atoms. The van der Waals surface area contributed by atoms with Gasteiger partial charge in [0.05, 0.1) is 18.2 Å². The smallest absolute Gasteiger partial charge is 0.227 e. The van der Waals surface area contributed by atoms with Crippen LogP contribution in [0.5, 0.6) is 0 Å². The molecule has 1 amide bonds. The molecule has 1 aliphatic rings. The summed E-state index contributed by atoms with van der Waals surface area (Å²) in [6, 6.07) is 18.8. The van der Waals surface area contributed by atoms with E-state index in [4.69, 9.17) is 0 Å². The van der Waals surface area contributed by atoms with Gasteiger partial charge in [-0.3, -0.25) is 9.48 Å². The minimum absolute atomic E-state index is 0.0226. The zero-order valence-electron chi connectivity index (χ0n) is 15.2. The van der Waals surface area contributed by atoms with Crippen molar-refractivity contribution in [3.8, 4) is 0 Å². The third-order valence-electron chi connectivity index (χ3n) is 5.18. The summed E-state index contributed by atoms with van der Waals surface area (Å²) in [5, 5.41) is 4.37. The van der Waals surface area contributed by atoms with Crippen molar-refractivity contribution < 1.29 is 4.79 Å². The second-order valence-electron chi connectivity index (χ2n) is 6.94. The normalized spacial score (nSPS) is 16.4. The molecule has 0 N–H and O–H groups in total. The first kappa shape index (κ1) is 16.6. The maximum atomic E-state index is 13.2. The molecule has 0 unspecified atom stereocenters. The summed E-state index contributed by atoms with van der Waals surface area (Å²) in [5.74, 6) is 0.157. The molecule has 1 aromatic heterocycles. The van der Waals surface area contributed by atoms with Crippen molar-refractivity contribution in [1.29, 1.82) is 0 Å². The lowest BCUT2D eigenvalue weighted by Crippen LogP contribution is -2.41. The van der Waals surface area contributed by atoms with Crippen molar-refractivity contribution in [2.45, 2.75) is 25.8 Å². The van der Waals surface area contributed by atoms with E-state index < -0.39 is 0 Å². The molecule has 0 fully saturated rings. The van der Waals surface area contributed by atoms with Crippen molar-refractivity contribution in [3.05, 3.63) is 88.7 Å². The number of carbonyl (C=O) groups is 1. The lowest BCUT2D eigenvalue weighted by Gasteiger charge is -2.38. The molecule has 0 saturated carbocycles. The van der Waals surface area contributed by atoms with Crippen LogP contribution in [0.3, 0.4) is 0 Å². The fourth-order valence-corrected chi connectivity index (χ4v) is 3.92. The Bertz CT molecular complexity index is 930. The Labute approximate surface area is 154 Å². The molecule has 0 radical (unpaired) electrons. The summed E-state index contributed by atoms with van der Waals surface area (Å²) in [7, 11) is 1.89. The quantitative estimate of drug-likeness (QED) is 0.729. The average Bonchev–Trinajstić information content (AvgIpc) is 2.98. The Hall–Kier alpha value is -2.88. The molecule has 4 nitrogen and oxygen atoms in total. The fraction of sp³-hybridized carbons (Fsp3) is 0.273. The molecular weight excluding hydrogens is 322 g/mol. The molecule has 1 aliphatic heterocycles. The second-order valence-corrected chi connectivity index (χ2v) is 6.94. The number of nitrogens with zero attached hydrogens (tertiary/aromatic N) is 3. The van der Waals surface area contributed by atoms with Gasteiger partial charge in [0.25, 0.3) is 0 Å². The van der Waals surface area contributed by atoms with Gasteiger partial charge in [0.15, 0.2) is 0 Å². The van der Waals surface area contributed by atoms with E-state index in [1.807, 2.05) is 43.3 Å². The first-order chi connectivity index (χ1) is 12.6. The van der Waals surface area contributed by atoms with Crippen LogP contribution in [0.1, 0.15) is 34.0 Å². The highest BCUT2D eigenvalue weighted by molar-refractivity contribution is 5.80. The minimum atomic E-state index is -0.0226.